The van der Waals surface area contributed by atoms with Gasteiger partial charge in [0, 0.05) is 18.3 Å². The second-order valence-corrected chi connectivity index (χ2v) is 3.85. The minimum Gasteiger partial charge on any atom is -0.464 e. The van der Waals surface area contributed by atoms with Gasteiger partial charge in [0.25, 0.3) is 0 Å². The molecular weight excluding hydrogens is 246 g/mol. The maximum Gasteiger partial charge on any atom is 0.356 e. The number of hydrogen-bond donors (Lipinski definition) is 1. The van der Waals surface area contributed by atoms with E-state index in [4.69, 9.17) is 4.42 Å². The van der Waals surface area contributed by atoms with Crippen LogP contribution in [0.25, 0.3) is 0 Å². The largest absolute Gasteiger partial charge is 0.464 e. The fourth-order valence-corrected chi connectivity index (χ4v) is 1.53. The number of hydrogen-bond acceptors (Lipinski definition) is 6. The molecule has 0 atom stereocenters. The zero-order chi connectivity index (χ0) is 13.7. The smallest absolute Gasteiger partial charge is 0.356 e. The molecule has 2 rings (SSSR count). The third-order valence-corrected chi connectivity index (χ3v) is 2.55. The van der Waals surface area contributed by atoms with Gasteiger partial charge in [-0.05, 0) is 12.1 Å². The summed E-state index contributed by atoms with van der Waals surface area (Å²) in [6.45, 7) is 2.45. The first-order valence-corrected chi connectivity index (χ1v) is 5.94. The van der Waals surface area contributed by atoms with E-state index in [-0.39, 0.29) is 5.69 Å². The van der Waals surface area contributed by atoms with E-state index in [0.717, 1.165) is 17.9 Å². The summed E-state index contributed by atoms with van der Waals surface area (Å²) in [6, 6.07) is 3.38. The van der Waals surface area contributed by atoms with Crippen molar-refractivity contribution in [2.75, 3.05) is 12.4 Å². The molecule has 2 aromatic heterocycles. The maximum absolute atomic E-state index is 11.3. The fraction of sp³-hybridized carbons (Fsp3) is 0.308. The van der Waals surface area contributed by atoms with Crippen LogP contribution in [0.3, 0.4) is 0 Å². The van der Waals surface area contributed by atoms with Gasteiger partial charge >= 0.3 is 5.97 Å². The van der Waals surface area contributed by atoms with E-state index < -0.39 is 5.97 Å². The molecule has 0 aliphatic rings. The third-order valence-electron chi connectivity index (χ3n) is 2.55. The first-order chi connectivity index (χ1) is 9.22. The molecule has 0 saturated carbocycles. The summed E-state index contributed by atoms with van der Waals surface area (Å²) in [7, 11) is 1.32. The van der Waals surface area contributed by atoms with Crippen LogP contribution in [0.1, 0.15) is 29.1 Å². The third kappa shape index (κ3) is 3.31. The van der Waals surface area contributed by atoms with Crippen molar-refractivity contribution in [3.8, 4) is 0 Å². The predicted octanol–water partition coefficient (Wildman–Crippen LogP) is 2.03. The Balaban J connectivity index is 2.01. The summed E-state index contributed by atoms with van der Waals surface area (Å²) in [6.07, 6.45) is 4.07. The van der Waals surface area contributed by atoms with E-state index in [1.807, 2.05) is 6.92 Å². The lowest BCUT2D eigenvalue weighted by Crippen LogP contribution is -2.06. The molecule has 6 heteroatoms. The van der Waals surface area contributed by atoms with Crippen LogP contribution in [-0.2, 0) is 17.7 Å². The number of methoxy groups -OCH3 is 1. The van der Waals surface area contributed by atoms with Gasteiger partial charge in [-0.3, -0.25) is 0 Å². The van der Waals surface area contributed by atoms with Crippen LogP contribution in [0.15, 0.2) is 28.9 Å². The second-order valence-electron chi connectivity index (χ2n) is 3.85. The van der Waals surface area contributed by atoms with E-state index in [1.165, 1.54) is 7.11 Å². The van der Waals surface area contributed by atoms with Gasteiger partial charge in [-0.15, -0.1) is 0 Å². The van der Waals surface area contributed by atoms with Crippen molar-refractivity contribution >= 4 is 11.7 Å². The minimum atomic E-state index is -0.465. The first kappa shape index (κ1) is 13.1. The number of rotatable bonds is 5. The lowest BCUT2D eigenvalue weighted by molar-refractivity contribution is 0.0594. The standard InChI is InChI=1S/C13H15N3O3/c1-3-10-7-16-12(19-10)8-15-9-4-5-14-11(6-9)13(17)18-2/h4-7H,3,8H2,1-2H3,(H,14,15). The molecule has 0 unspecified atom stereocenters. The number of nitrogens with one attached hydrogen (secondary N) is 1. The second kappa shape index (κ2) is 5.99. The Kier molecular flexibility index (Phi) is 4.12. The van der Waals surface area contributed by atoms with Gasteiger partial charge in [0.15, 0.2) is 0 Å². The fourth-order valence-electron chi connectivity index (χ4n) is 1.53. The highest BCUT2D eigenvalue weighted by atomic mass is 16.5. The normalized spacial score (nSPS) is 10.2. The van der Waals surface area contributed by atoms with Crippen LogP contribution in [0.5, 0.6) is 0 Å². The number of anilines is 1. The van der Waals surface area contributed by atoms with Crippen LogP contribution >= 0.6 is 0 Å². The number of nitrogens with zero attached hydrogens (tertiary/aromatic N) is 2. The van der Waals surface area contributed by atoms with E-state index in [9.17, 15) is 4.79 Å². The summed E-state index contributed by atoms with van der Waals surface area (Å²) in [5.41, 5.74) is 1.01. The van der Waals surface area contributed by atoms with Crippen molar-refractivity contribution < 1.29 is 13.9 Å². The SMILES string of the molecule is CCc1cnc(CNc2ccnc(C(=O)OC)c2)o1. The maximum atomic E-state index is 11.3. The average Bonchev–Trinajstić information content (AvgIpc) is 2.92. The summed E-state index contributed by atoms with van der Waals surface area (Å²) in [4.78, 5) is 19.4. The molecular formula is C13H15N3O3. The van der Waals surface area contributed by atoms with Crippen molar-refractivity contribution in [2.24, 2.45) is 0 Å². The van der Waals surface area contributed by atoms with E-state index in [0.29, 0.717) is 12.4 Å². The van der Waals surface area contributed by atoms with Crippen molar-refractivity contribution in [1.29, 1.82) is 0 Å². The Morgan fingerprint density at radius 3 is 3.00 bits per heavy atom. The van der Waals surface area contributed by atoms with Crippen LogP contribution < -0.4 is 5.32 Å². The Bertz CT molecular complexity index is 566. The molecule has 0 spiro atoms. The quantitative estimate of drug-likeness (QED) is 0.830. The molecule has 0 bridgehead atoms. The Hall–Kier alpha value is -2.37. The molecule has 0 radical (unpaired) electrons. The van der Waals surface area contributed by atoms with Gasteiger partial charge in [-0.25, -0.2) is 14.8 Å². The zero-order valence-electron chi connectivity index (χ0n) is 10.8. The molecule has 2 aromatic rings. The van der Waals surface area contributed by atoms with Crippen LogP contribution in [0, 0.1) is 0 Å². The number of aromatic nitrogens is 2. The highest BCUT2D eigenvalue weighted by molar-refractivity contribution is 5.88. The number of carbonyl (C=O) groups is 1. The lowest BCUT2D eigenvalue weighted by Gasteiger charge is -2.05. The number of oxazole rings is 1. The molecule has 6 nitrogen and oxygen atoms in total. The Morgan fingerprint density at radius 1 is 1.47 bits per heavy atom. The van der Waals surface area contributed by atoms with Gasteiger partial charge in [-0.2, -0.15) is 0 Å². The highest BCUT2D eigenvalue weighted by Crippen LogP contribution is 2.11. The average molecular weight is 261 g/mol. The van der Waals surface area contributed by atoms with Gasteiger partial charge in [-0.1, -0.05) is 6.92 Å². The van der Waals surface area contributed by atoms with Crippen molar-refractivity contribution in [2.45, 2.75) is 19.9 Å². The number of ether oxygens (including phenoxy) is 1. The van der Waals surface area contributed by atoms with Crippen LogP contribution in [0.4, 0.5) is 5.69 Å². The minimum absolute atomic E-state index is 0.258. The van der Waals surface area contributed by atoms with Crippen molar-refractivity contribution in [3.63, 3.8) is 0 Å². The number of carbonyl (C=O) groups excluding carboxylic acids is 1. The monoisotopic (exact) mass is 261 g/mol. The molecule has 0 fully saturated rings. The number of esters is 1. The summed E-state index contributed by atoms with van der Waals surface area (Å²) in [5, 5.41) is 3.11. The Labute approximate surface area is 110 Å². The van der Waals surface area contributed by atoms with Gasteiger partial charge in [0.1, 0.15) is 11.5 Å². The van der Waals surface area contributed by atoms with Crippen LogP contribution in [0.2, 0.25) is 0 Å². The lowest BCUT2D eigenvalue weighted by atomic mass is 10.3. The molecule has 2 heterocycles. The first-order valence-electron chi connectivity index (χ1n) is 5.94. The van der Waals surface area contributed by atoms with E-state index in [2.05, 4.69) is 20.0 Å². The summed E-state index contributed by atoms with van der Waals surface area (Å²) >= 11 is 0. The molecule has 0 amide bonds. The van der Waals surface area contributed by atoms with Gasteiger partial charge in [0.05, 0.1) is 19.9 Å². The molecule has 19 heavy (non-hydrogen) atoms. The van der Waals surface area contributed by atoms with Crippen LogP contribution in [-0.4, -0.2) is 23.0 Å². The molecule has 1 N–H and O–H groups in total. The van der Waals surface area contributed by atoms with Gasteiger partial charge < -0.3 is 14.5 Å². The predicted molar refractivity (Wildman–Crippen MR) is 68.8 cm³/mol. The molecule has 0 aliphatic carbocycles. The van der Waals surface area contributed by atoms with E-state index in [1.54, 1.807) is 24.5 Å². The Morgan fingerprint density at radius 2 is 2.32 bits per heavy atom. The molecule has 100 valence electrons. The number of pyridine rings is 1. The van der Waals surface area contributed by atoms with Crippen molar-refractivity contribution in [3.05, 3.63) is 41.9 Å². The van der Waals surface area contributed by atoms with Crippen molar-refractivity contribution in [1.82, 2.24) is 9.97 Å². The molecule has 0 saturated heterocycles. The number of aryl methyl sites for hydroxylation is 1. The highest BCUT2D eigenvalue weighted by Gasteiger charge is 2.08. The van der Waals surface area contributed by atoms with E-state index >= 15 is 0 Å². The topological polar surface area (TPSA) is 77.2 Å². The summed E-state index contributed by atoms with van der Waals surface area (Å²) in [5.74, 6) is 0.989. The molecule has 0 aliphatic heterocycles. The van der Waals surface area contributed by atoms with Gasteiger partial charge in [0.2, 0.25) is 5.89 Å². The molecule has 0 aromatic carbocycles. The summed E-state index contributed by atoms with van der Waals surface area (Å²) < 4.78 is 10.1. The zero-order valence-corrected chi connectivity index (χ0v) is 10.8.